The van der Waals surface area contributed by atoms with Gasteiger partial charge in [-0.15, -0.1) is 0 Å². The van der Waals surface area contributed by atoms with Crippen molar-refractivity contribution in [3.05, 3.63) is 29.3 Å². The van der Waals surface area contributed by atoms with Crippen LogP contribution in [0.4, 0.5) is 5.69 Å². The van der Waals surface area contributed by atoms with Crippen LogP contribution in [0.2, 0.25) is 5.02 Å². The summed E-state index contributed by atoms with van der Waals surface area (Å²) in [6.07, 6.45) is 0.745. The van der Waals surface area contributed by atoms with Gasteiger partial charge in [0.15, 0.2) is 0 Å². The summed E-state index contributed by atoms with van der Waals surface area (Å²) in [4.78, 5) is 0. The molecule has 0 heterocycles. The van der Waals surface area contributed by atoms with Crippen LogP contribution in [0.15, 0.2) is 24.3 Å². The Labute approximate surface area is 74.8 Å². The fourth-order valence-corrected chi connectivity index (χ4v) is 0.815. The number of nitrogens with zero attached hydrogens (tertiary/aromatic N) is 1. The van der Waals surface area contributed by atoms with Gasteiger partial charge in [0.1, 0.15) is 6.34 Å². The molecule has 3 N–H and O–H groups in total. The molecule has 0 aromatic heterocycles. The number of hydroxylamine groups is 1. The molecule has 0 unspecified atom stereocenters. The molecule has 0 aliphatic heterocycles. The quantitative estimate of drug-likeness (QED) is 0.383. The van der Waals surface area contributed by atoms with Crippen LogP contribution in [0.5, 0.6) is 0 Å². The molecule has 0 radical (unpaired) electrons. The van der Waals surface area contributed by atoms with E-state index in [0.717, 1.165) is 6.34 Å². The lowest BCUT2D eigenvalue weighted by molar-refractivity contribution is 0.0177. The van der Waals surface area contributed by atoms with E-state index in [1.54, 1.807) is 24.3 Å². The standard InChI is InChI=1S/C7H8ClN3O/c8-6-1-3-7(4-2-6)10-11(12)5-9/h1-5,9-10,12H. The Morgan fingerprint density at radius 2 is 2.00 bits per heavy atom. The lowest BCUT2D eigenvalue weighted by Gasteiger charge is -2.12. The molecule has 0 aliphatic carbocycles. The zero-order valence-electron chi connectivity index (χ0n) is 6.16. The zero-order valence-corrected chi connectivity index (χ0v) is 6.92. The van der Waals surface area contributed by atoms with Gasteiger partial charge in [0.2, 0.25) is 0 Å². The molecule has 0 amide bonds. The Morgan fingerprint density at radius 1 is 1.42 bits per heavy atom. The van der Waals surface area contributed by atoms with E-state index in [-0.39, 0.29) is 0 Å². The Morgan fingerprint density at radius 3 is 2.50 bits per heavy atom. The molecule has 5 heteroatoms. The molecule has 1 rings (SSSR count). The molecule has 0 fully saturated rings. The lowest BCUT2D eigenvalue weighted by atomic mass is 10.3. The minimum absolute atomic E-state index is 0.545. The van der Waals surface area contributed by atoms with E-state index in [9.17, 15) is 0 Å². The number of rotatable bonds is 3. The highest BCUT2D eigenvalue weighted by Gasteiger charge is 1.93. The molecule has 0 bridgehead atoms. The van der Waals surface area contributed by atoms with Gasteiger partial charge in [-0.3, -0.25) is 16.0 Å². The first-order valence-electron chi connectivity index (χ1n) is 3.23. The summed E-state index contributed by atoms with van der Waals surface area (Å²) in [7, 11) is 0. The fraction of sp³-hybridized carbons (Fsp3) is 0. The van der Waals surface area contributed by atoms with Crippen molar-refractivity contribution in [2.75, 3.05) is 5.43 Å². The van der Waals surface area contributed by atoms with E-state index in [1.807, 2.05) is 0 Å². The SMILES string of the molecule is N=CN(O)Nc1ccc(Cl)cc1. The van der Waals surface area contributed by atoms with Crippen molar-refractivity contribution in [1.82, 2.24) is 5.17 Å². The number of anilines is 1. The smallest absolute Gasteiger partial charge is 0.131 e. The molecule has 1 aromatic rings. The van der Waals surface area contributed by atoms with Gasteiger partial charge < -0.3 is 0 Å². The maximum Gasteiger partial charge on any atom is 0.131 e. The first-order chi connectivity index (χ1) is 5.72. The predicted octanol–water partition coefficient (Wildman–Crippen LogP) is 1.97. The molecule has 0 atom stereocenters. The third kappa shape index (κ3) is 2.41. The summed E-state index contributed by atoms with van der Waals surface area (Å²) in [5.74, 6) is 0. The van der Waals surface area contributed by atoms with Gasteiger partial charge >= 0.3 is 0 Å². The maximum atomic E-state index is 8.83. The molecular weight excluding hydrogens is 178 g/mol. The Balaban J connectivity index is 2.64. The van der Waals surface area contributed by atoms with Gasteiger partial charge in [-0.25, -0.2) is 0 Å². The van der Waals surface area contributed by atoms with Crippen LogP contribution in [0, 0.1) is 5.41 Å². The zero-order chi connectivity index (χ0) is 8.97. The number of nitrogens with one attached hydrogen (secondary N) is 2. The summed E-state index contributed by atoms with van der Waals surface area (Å²) in [6, 6.07) is 6.74. The fourth-order valence-electron chi connectivity index (χ4n) is 0.689. The molecule has 0 aliphatic rings. The minimum Gasteiger partial charge on any atom is -0.288 e. The van der Waals surface area contributed by atoms with Gasteiger partial charge in [0.05, 0.1) is 5.69 Å². The Bertz CT molecular complexity index is 262. The van der Waals surface area contributed by atoms with Crippen molar-refractivity contribution in [1.29, 1.82) is 5.41 Å². The number of benzene rings is 1. The molecule has 0 saturated heterocycles. The first kappa shape index (κ1) is 8.83. The molecule has 1 aromatic carbocycles. The summed E-state index contributed by atoms with van der Waals surface area (Å²) < 4.78 is 0. The van der Waals surface area contributed by atoms with Crippen molar-refractivity contribution in [2.24, 2.45) is 0 Å². The van der Waals surface area contributed by atoms with Crippen LogP contribution in [0.3, 0.4) is 0 Å². The highest BCUT2D eigenvalue weighted by molar-refractivity contribution is 6.30. The van der Waals surface area contributed by atoms with E-state index in [1.165, 1.54) is 0 Å². The van der Waals surface area contributed by atoms with E-state index in [2.05, 4.69) is 5.43 Å². The third-order valence-electron chi connectivity index (χ3n) is 1.21. The summed E-state index contributed by atoms with van der Waals surface area (Å²) in [6.45, 7) is 0. The van der Waals surface area contributed by atoms with Crippen molar-refractivity contribution in [3.63, 3.8) is 0 Å². The average molecular weight is 186 g/mol. The van der Waals surface area contributed by atoms with E-state index in [4.69, 9.17) is 22.2 Å². The third-order valence-corrected chi connectivity index (χ3v) is 1.46. The lowest BCUT2D eigenvalue weighted by Crippen LogP contribution is -2.23. The molecule has 64 valence electrons. The second-order valence-electron chi connectivity index (χ2n) is 2.09. The van der Waals surface area contributed by atoms with Gasteiger partial charge in [0, 0.05) is 5.02 Å². The van der Waals surface area contributed by atoms with E-state index < -0.39 is 0 Å². The predicted molar refractivity (Wildman–Crippen MR) is 47.5 cm³/mol. The molecule has 4 nitrogen and oxygen atoms in total. The van der Waals surface area contributed by atoms with Gasteiger partial charge in [0.25, 0.3) is 0 Å². The second-order valence-corrected chi connectivity index (χ2v) is 2.53. The van der Waals surface area contributed by atoms with Crippen molar-refractivity contribution in [2.45, 2.75) is 0 Å². The van der Waals surface area contributed by atoms with Gasteiger partial charge in [-0.1, -0.05) is 11.6 Å². The van der Waals surface area contributed by atoms with Crippen molar-refractivity contribution in [3.8, 4) is 0 Å². The van der Waals surface area contributed by atoms with Crippen LogP contribution < -0.4 is 5.43 Å². The number of hydrogen-bond donors (Lipinski definition) is 3. The summed E-state index contributed by atoms with van der Waals surface area (Å²) >= 11 is 5.63. The first-order valence-corrected chi connectivity index (χ1v) is 3.61. The Kier molecular flexibility index (Phi) is 2.90. The average Bonchev–Trinajstić information content (AvgIpc) is 2.09. The van der Waals surface area contributed by atoms with Crippen molar-refractivity contribution < 1.29 is 5.21 Å². The normalized spacial score (nSPS) is 9.17. The number of halogens is 1. The summed E-state index contributed by atoms with van der Waals surface area (Å²) in [5, 5.41) is 16.7. The topological polar surface area (TPSA) is 59.4 Å². The van der Waals surface area contributed by atoms with Crippen LogP contribution in [-0.2, 0) is 0 Å². The van der Waals surface area contributed by atoms with Crippen LogP contribution in [0.25, 0.3) is 0 Å². The van der Waals surface area contributed by atoms with Crippen molar-refractivity contribution >= 4 is 23.6 Å². The van der Waals surface area contributed by atoms with Crippen LogP contribution in [-0.4, -0.2) is 16.7 Å². The van der Waals surface area contributed by atoms with E-state index in [0.29, 0.717) is 15.9 Å². The van der Waals surface area contributed by atoms with Gasteiger partial charge in [-0.2, -0.15) is 5.17 Å². The Hall–Kier alpha value is -1.26. The number of hydrogen-bond acceptors (Lipinski definition) is 3. The molecular formula is C7H8ClN3O. The minimum atomic E-state index is 0.545. The molecule has 0 saturated carbocycles. The summed E-state index contributed by atoms with van der Waals surface area (Å²) in [5.41, 5.74) is 3.16. The second kappa shape index (κ2) is 3.94. The van der Waals surface area contributed by atoms with Crippen LogP contribution >= 0.6 is 11.6 Å². The van der Waals surface area contributed by atoms with Gasteiger partial charge in [-0.05, 0) is 24.3 Å². The van der Waals surface area contributed by atoms with E-state index >= 15 is 0 Å². The number of hydrazine groups is 1. The maximum absolute atomic E-state index is 8.83. The highest BCUT2D eigenvalue weighted by Crippen LogP contribution is 2.13. The molecule has 0 spiro atoms. The highest BCUT2D eigenvalue weighted by atomic mass is 35.5. The van der Waals surface area contributed by atoms with Crippen LogP contribution in [0.1, 0.15) is 0 Å². The largest absolute Gasteiger partial charge is 0.288 e. The monoisotopic (exact) mass is 185 g/mol. The molecule has 12 heavy (non-hydrogen) atoms.